The fourth-order valence-corrected chi connectivity index (χ4v) is 2.47. The maximum absolute atomic E-state index is 4.77. The van der Waals surface area contributed by atoms with Crippen molar-refractivity contribution in [3.8, 4) is 0 Å². The first kappa shape index (κ1) is 18.1. The van der Waals surface area contributed by atoms with E-state index in [4.69, 9.17) is 9.97 Å². The Bertz CT molecular complexity index is 402. The highest BCUT2D eigenvalue weighted by Crippen LogP contribution is 2.15. The molecule has 21 heavy (non-hydrogen) atoms. The lowest BCUT2D eigenvalue weighted by molar-refractivity contribution is 0.388. The highest BCUT2D eigenvalue weighted by molar-refractivity contribution is 5.27. The molecule has 0 aromatic carbocycles. The molecule has 1 rings (SSSR count). The highest BCUT2D eigenvalue weighted by Gasteiger charge is 2.12. The zero-order chi connectivity index (χ0) is 15.8. The molecule has 0 unspecified atom stereocenters. The topological polar surface area (TPSA) is 41.1 Å². The van der Waals surface area contributed by atoms with Crippen LogP contribution in [0.1, 0.15) is 50.5 Å². The van der Waals surface area contributed by atoms with Crippen molar-refractivity contribution in [1.29, 1.82) is 0 Å². The van der Waals surface area contributed by atoms with Crippen LogP contribution in [-0.4, -0.2) is 42.1 Å². The summed E-state index contributed by atoms with van der Waals surface area (Å²) in [4.78, 5) is 11.7. The van der Waals surface area contributed by atoms with Gasteiger partial charge in [0.1, 0.15) is 5.82 Å². The van der Waals surface area contributed by atoms with Crippen LogP contribution in [0, 0.1) is 5.92 Å². The molecule has 4 heteroatoms. The second kappa shape index (κ2) is 9.11. The predicted octanol–water partition coefficient (Wildman–Crippen LogP) is 2.45. The molecule has 1 N–H and O–H groups in total. The third kappa shape index (κ3) is 6.10. The molecule has 4 nitrogen and oxygen atoms in total. The van der Waals surface area contributed by atoms with Crippen molar-refractivity contribution in [2.75, 3.05) is 27.2 Å². The number of aryl methyl sites for hydroxylation is 2. The van der Waals surface area contributed by atoms with Gasteiger partial charge in [0.25, 0.3) is 0 Å². The molecule has 1 aromatic heterocycles. The molecular formula is C17H32N4. The van der Waals surface area contributed by atoms with E-state index in [1.54, 1.807) is 0 Å². The van der Waals surface area contributed by atoms with Gasteiger partial charge >= 0.3 is 0 Å². The molecule has 0 saturated heterocycles. The van der Waals surface area contributed by atoms with Crippen LogP contribution >= 0.6 is 0 Å². The van der Waals surface area contributed by atoms with E-state index >= 15 is 0 Å². The van der Waals surface area contributed by atoms with Gasteiger partial charge in [0.2, 0.25) is 0 Å². The molecule has 1 heterocycles. The van der Waals surface area contributed by atoms with Gasteiger partial charge < -0.3 is 10.2 Å². The van der Waals surface area contributed by atoms with E-state index in [9.17, 15) is 0 Å². The van der Waals surface area contributed by atoms with E-state index in [1.165, 1.54) is 17.0 Å². The Morgan fingerprint density at radius 3 is 2.05 bits per heavy atom. The monoisotopic (exact) mass is 292 g/mol. The van der Waals surface area contributed by atoms with Crippen molar-refractivity contribution < 1.29 is 0 Å². The van der Waals surface area contributed by atoms with Crippen molar-refractivity contribution >= 4 is 0 Å². The third-order valence-corrected chi connectivity index (χ3v) is 3.46. The number of hydrogen-bond donors (Lipinski definition) is 1. The molecule has 0 fully saturated rings. The van der Waals surface area contributed by atoms with E-state index in [1.807, 2.05) is 0 Å². The summed E-state index contributed by atoms with van der Waals surface area (Å²) in [6.07, 6.45) is 2.99. The van der Waals surface area contributed by atoms with Crippen LogP contribution in [0.2, 0.25) is 0 Å². The van der Waals surface area contributed by atoms with Gasteiger partial charge in [0, 0.05) is 11.4 Å². The lowest BCUT2D eigenvalue weighted by atomic mass is 10.0. The lowest BCUT2D eigenvalue weighted by Crippen LogP contribution is -2.24. The highest BCUT2D eigenvalue weighted by atomic mass is 15.1. The largest absolute Gasteiger partial charge is 0.316 e. The van der Waals surface area contributed by atoms with Crippen LogP contribution in [0.15, 0.2) is 0 Å². The van der Waals surface area contributed by atoms with Gasteiger partial charge in [-0.3, -0.25) is 0 Å². The van der Waals surface area contributed by atoms with Crippen LogP contribution < -0.4 is 5.32 Å². The zero-order valence-electron chi connectivity index (χ0n) is 14.7. The third-order valence-electron chi connectivity index (χ3n) is 3.46. The Morgan fingerprint density at radius 1 is 1.05 bits per heavy atom. The van der Waals surface area contributed by atoms with Gasteiger partial charge in [0.05, 0.1) is 6.54 Å². The van der Waals surface area contributed by atoms with E-state index in [-0.39, 0.29) is 0 Å². The minimum Gasteiger partial charge on any atom is -0.316 e. The van der Waals surface area contributed by atoms with Crippen LogP contribution in [0.4, 0.5) is 0 Å². The Labute approximate surface area is 130 Å². The smallest absolute Gasteiger partial charge is 0.142 e. The number of nitrogens with zero attached hydrogens (tertiary/aromatic N) is 3. The van der Waals surface area contributed by atoms with Crippen molar-refractivity contribution in [3.63, 3.8) is 0 Å². The van der Waals surface area contributed by atoms with Gasteiger partial charge in [0.15, 0.2) is 0 Å². The zero-order valence-corrected chi connectivity index (χ0v) is 14.7. The van der Waals surface area contributed by atoms with Crippen molar-refractivity contribution in [1.82, 2.24) is 20.2 Å². The quantitative estimate of drug-likeness (QED) is 0.710. The minimum atomic E-state index is 0.694. The molecule has 0 radical (unpaired) electrons. The van der Waals surface area contributed by atoms with Gasteiger partial charge in [-0.05, 0) is 57.9 Å². The van der Waals surface area contributed by atoms with Crippen molar-refractivity contribution in [2.45, 2.75) is 53.5 Å². The summed E-state index contributed by atoms with van der Waals surface area (Å²) < 4.78 is 0. The van der Waals surface area contributed by atoms with Crippen molar-refractivity contribution in [3.05, 3.63) is 22.8 Å². The SMILES string of the molecule is CCc1nc(CN(C)C)nc(CC)c1CCNCC(C)C. The van der Waals surface area contributed by atoms with Gasteiger partial charge in [-0.15, -0.1) is 0 Å². The molecule has 0 saturated carbocycles. The average molecular weight is 292 g/mol. The van der Waals surface area contributed by atoms with Crippen LogP contribution in [0.3, 0.4) is 0 Å². The van der Waals surface area contributed by atoms with E-state index in [0.29, 0.717) is 5.92 Å². The van der Waals surface area contributed by atoms with E-state index in [0.717, 1.165) is 44.7 Å². The standard InChI is InChI=1S/C17H32N4/c1-7-15-14(9-10-18-11-13(3)4)16(8-2)20-17(19-15)12-21(5)6/h13,18H,7-12H2,1-6H3. The summed E-state index contributed by atoms with van der Waals surface area (Å²) >= 11 is 0. The Balaban J connectivity index is 2.85. The maximum Gasteiger partial charge on any atom is 0.142 e. The van der Waals surface area contributed by atoms with Crippen LogP contribution in [-0.2, 0) is 25.8 Å². The molecule has 0 spiro atoms. The van der Waals surface area contributed by atoms with Gasteiger partial charge in [-0.2, -0.15) is 0 Å². The fourth-order valence-electron chi connectivity index (χ4n) is 2.47. The average Bonchev–Trinajstić information content (AvgIpc) is 2.42. The van der Waals surface area contributed by atoms with E-state index < -0.39 is 0 Å². The Hall–Kier alpha value is -1.00. The second-order valence-electron chi connectivity index (χ2n) is 6.30. The lowest BCUT2D eigenvalue weighted by Gasteiger charge is -2.16. The molecule has 1 aromatic rings. The summed E-state index contributed by atoms with van der Waals surface area (Å²) in [5.41, 5.74) is 3.81. The van der Waals surface area contributed by atoms with Crippen LogP contribution in [0.5, 0.6) is 0 Å². The van der Waals surface area contributed by atoms with Gasteiger partial charge in [-0.25, -0.2) is 9.97 Å². The van der Waals surface area contributed by atoms with Crippen molar-refractivity contribution in [2.24, 2.45) is 5.92 Å². The summed E-state index contributed by atoms with van der Waals surface area (Å²) in [6.45, 7) is 11.7. The molecule has 0 aliphatic rings. The number of hydrogen-bond acceptors (Lipinski definition) is 4. The summed E-state index contributed by atoms with van der Waals surface area (Å²) in [5.74, 6) is 1.65. The number of nitrogens with one attached hydrogen (secondary N) is 1. The van der Waals surface area contributed by atoms with Gasteiger partial charge in [-0.1, -0.05) is 27.7 Å². The number of rotatable bonds is 9. The first-order valence-electron chi connectivity index (χ1n) is 8.20. The normalized spacial score (nSPS) is 11.6. The van der Waals surface area contributed by atoms with E-state index in [2.05, 4.69) is 52.0 Å². The summed E-state index contributed by atoms with van der Waals surface area (Å²) in [7, 11) is 4.12. The predicted molar refractivity (Wildman–Crippen MR) is 89.6 cm³/mol. The summed E-state index contributed by atoms with van der Waals surface area (Å²) in [5, 5.41) is 3.52. The summed E-state index contributed by atoms with van der Waals surface area (Å²) in [6, 6.07) is 0. The first-order chi connectivity index (χ1) is 9.97. The maximum atomic E-state index is 4.77. The second-order valence-corrected chi connectivity index (χ2v) is 6.30. The molecule has 0 amide bonds. The van der Waals surface area contributed by atoms with Crippen LogP contribution in [0.25, 0.3) is 0 Å². The molecule has 0 aliphatic heterocycles. The Kier molecular flexibility index (Phi) is 7.83. The number of aromatic nitrogens is 2. The Morgan fingerprint density at radius 2 is 1.62 bits per heavy atom. The minimum absolute atomic E-state index is 0.694. The fraction of sp³-hybridized carbons (Fsp3) is 0.765. The first-order valence-corrected chi connectivity index (χ1v) is 8.20. The molecule has 0 atom stereocenters. The molecule has 0 aliphatic carbocycles. The molecule has 0 bridgehead atoms. The molecular weight excluding hydrogens is 260 g/mol. The molecule has 120 valence electrons.